The lowest BCUT2D eigenvalue weighted by Gasteiger charge is -2.50. The molecule has 3 aliphatic rings. The Balaban J connectivity index is 0.937. The minimum Gasteiger partial charge on any atom is -0.543 e. The number of pyridine rings is 1. The Labute approximate surface area is 311 Å². The van der Waals surface area contributed by atoms with Crippen molar-refractivity contribution in [2.24, 2.45) is 0 Å². The number of halogens is 1. The molecule has 2 fully saturated rings. The summed E-state index contributed by atoms with van der Waals surface area (Å²) in [5.74, 6) is -4.14. The molecule has 0 aliphatic carbocycles. The predicted octanol–water partition coefficient (Wildman–Crippen LogP) is 2.47. The summed E-state index contributed by atoms with van der Waals surface area (Å²) in [6.07, 6.45) is 5.27. The van der Waals surface area contributed by atoms with Crippen LogP contribution in [0.1, 0.15) is 12.0 Å². The molecule has 53 heavy (non-hydrogen) atoms. The van der Waals surface area contributed by atoms with E-state index in [1.807, 2.05) is 42.5 Å². The van der Waals surface area contributed by atoms with Gasteiger partial charge in [-0.25, -0.2) is 4.39 Å². The first kappa shape index (κ1) is 35.7. The number of nitrogens with one attached hydrogen (secondary N) is 2. The highest BCUT2D eigenvalue weighted by molar-refractivity contribution is 8.00. The second kappa shape index (κ2) is 15.1. The maximum Gasteiger partial charge on any atom is 0.290 e. The number of benzene rings is 3. The molecule has 12 nitrogen and oxygen atoms in total. The molecule has 0 radical (unpaired) electrons. The number of hydrogen-bond donors (Lipinski definition) is 3. The van der Waals surface area contributed by atoms with E-state index in [-0.39, 0.29) is 47.8 Å². The number of aromatic nitrogens is 1. The summed E-state index contributed by atoms with van der Waals surface area (Å²) in [5, 5.41) is 28.5. The number of likely N-dealkylation sites (tertiary alicyclic amines) is 1. The summed E-state index contributed by atoms with van der Waals surface area (Å²) >= 11 is 2.66. The lowest BCUT2D eigenvalue weighted by Crippen LogP contribution is -2.71. The van der Waals surface area contributed by atoms with Gasteiger partial charge in [-0.1, -0.05) is 30.3 Å². The van der Waals surface area contributed by atoms with Crippen LogP contribution in [0.3, 0.4) is 0 Å². The second-order valence-corrected chi connectivity index (χ2v) is 14.8. The van der Waals surface area contributed by atoms with Crippen molar-refractivity contribution in [3.05, 3.63) is 119 Å². The smallest absolute Gasteiger partial charge is 0.290 e. The Kier molecular flexibility index (Phi) is 10.2. The number of allylic oxidation sites excluding steroid dienone is 1. The van der Waals surface area contributed by atoms with Crippen LogP contribution >= 0.6 is 23.5 Å². The summed E-state index contributed by atoms with van der Waals surface area (Å²) < 4.78 is 15.2. The zero-order valence-corrected chi connectivity index (χ0v) is 29.6. The Morgan fingerprint density at radius 3 is 2.55 bits per heavy atom. The number of carboxylic acid groups (broad SMARTS) is 1. The van der Waals surface area contributed by atoms with Gasteiger partial charge in [0, 0.05) is 53.2 Å². The van der Waals surface area contributed by atoms with Crippen molar-refractivity contribution in [2.75, 3.05) is 23.4 Å². The van der Waals surface area contributed by atoms with Gasteiger partial charge in [-0.3, -0.25) is 24.1 Å². The molecule has 4 aromatic rings. The Morgan fingerprint density at radius 1 is 1.02 bits per heavy atom. The maximum atomic E-state index is 13.6. The number of β-lactam (4-membered cyclic amide) rings is 1. The van der Waals surface area contributed by atoms with Gasteiger partial charge < -0.3 is 30.5 Å². The van der Waals surface area contributed by atoms with Gasteiger partial charge in [-0.2, -0.15) is 4.57 Å². The number of fused-ring (bicyclic) bond motifs is 2. The summed E-state index contributed by atoms with van der Waals surface area (Å²) in [5.41, 5.74) is 1.43. The van der Waals surface area contributed by atoms with E-state index in [0.717, 1.165) is 38.3 Å². The van der Waals surface area contributed by atoms with Crippen molar-refractivity contribution in [3.63, 3.8) is 0 Å². The molecule has 4 heterocycles. The summed E-state index contributed by atoms with van der Waals surface area (Å²) in [6.45, 7) is 0.637. The predicted molar refractivity (Wildman–Crippen MR) is 193 cm³/mol. The van der Waals surface area contributed by atoms with Crippen LogP contribution in [0.25, 0.3) is 10.8 Å². The highest BCUT2D eigenvalue weighted by Gasteiger charge is 2.52. The number of nitrogens with zero attached hydrogens (tertiary/aromatic N) is 3. The van der Waals surface area contributed by atoms with E-state index in [4.69, 9.17) is 0 Å². The van der Waals surface area contributed by atoms with Gasteiger partial charge in [-0.05, 0) is 58.7 Å². The number of aromatic hydroxyl groups is 1. The Hall–Kier alpha value is -5.67. The molecule has 3 N–H and O–H groups in total. The van der Waals surface area contributed by atoms with E-state index >= 15 is 0 Å². The fourth-order valence-electron chi connectivity index (χ4n) is 6.40. The molecule has 0 bridgehead atoms. The summed E-state index contributed by atoms with van der Waals surface area (Å²) in [4.78, 5) is 67.7. The standard InChI is InChI=1S/C38H32FN5O7S2/c39-29-17-27(6-8-30(29)45)40-31(46)19-42-12-9-22(10-13-42)18-43-14-11-25(35(43)48)15-26-20-53-37-33(36(49)44(37)34(26)38(50)51)41-32(47)21-52-28-7-5-23-3-1-2-4-24(23)16-28/h1-10,12-13,15-17,33,37H,11,14,18-21H2,(H3-,40,41,45,46,47,50,51)/t33-,37-/m1/s1. The van der Waals surface area contributed by atoms with Crippen LogP contribution in [-0.2, 0) is 37.1 Å². The van der Waals surface area contributed by atoms with Crippen LogP contribution in [0.2, 0.25) is 0 Å². The topological polar surface area (TPSA) is 163 Å². The van der Waals surface area contributed by atoms with Gasteiger partial charge in [0.05, 0.1) is 17.4 Å². The van der Waals surface area contributed by atoms with E-state index < -0.39 is 40.8 Å². The van der Waals surface area contributed by atoms with Crippen LogP contribution in [0, 0.1) is 5.82 Å². The normalized spacial score (nSPS) is 19.0. The highest BCUT2D eigenvalue weighted by Crippen LogP contribution is 2.41. The van der Waals surface area contributed by atoms with Gasteiger partial charge >= 0.3 is 0 Å². The van der Waals surface area contributed by atoms with E-state index in [1.54, 1.807) is 34.0 Å². The van der Waals surface area contributed by atoms with E-state index in [9.17, 15) is 38.6 Å². The zero-order chi connectivity index (χ0) is 37.2. The number of phenolic OH excluding ortho intramolecular Hbond substituents is 1. The van der Waals surface area contributed by atoms with Crippen molar-refractivity contribution in [3.8, 4) is 5.75 Å². The number of phenols is 1. The number of hydrogen-bond acceptors (Lipinski definition) is 9. The van der Waals surface area contributed by atoms with Crippen molar-refractivity contribution < 1.29 is 43.1 Å². The minimum atomic E-state index is -1.53. The SMILES string of the molecule is O=C(C[n+]1ccc(CN2CCC(=CC3=C(C(=O)[O-])N4C(=O)[C@@H](NC(=O)CSc5ccc6ccccc6c5)[C@H]4SC3)C2=O)cc1)Nc1ccc(O)c(F)c1. The molecular weight excluding hydrogens is 722 g/mol. The number of anilines is 1. The van der Waals surface area contributed by atoms with Crippen LogP contribution in [0.15, 0.2) is 113 Å². The molecule has 15 heteroatoms. The van der Waals surface area contributed by atoms with Crippen molar-refractivity contribution in [2.45, 2.75) is 35.8 Å². The van der Waals surface area contributed by atoms with Gasteiger partial charge in [0.1, 0.15) is 11.4 Å². The highest BCUT2D eigenvalue weighted by atomic mass is 32.2. The lowest BCUT2D eigenvalue weighted by molar-refractivity contribution is -0.684. The minimum absolute atomic E-state index is 0.0508. The fraction of sp³-hybridized carbons (Fsp3) is 0.211. The number of carboxylic acids is 1. The molecule has 3 aromatic carbocycles. The Bertz CT molecular complexity index is 2230. The second-order valence-electron chi connectivity index (χ2n) is 12.7. The van der Waals surface area contributed by atoms with Crippen LogP contribution in [0.5, 0.6) is 5.75 Å². The van der Waals surface area contributed by atoms with Crippen LogP contribution in [-0.4, -0.2) is 74.0 Å². The van der Waals surface area contributed by atoms with Crippen LogP contribution in [0.4, 0.5) is 10.1 Å². The van der Waals surface area contributed by atoms with Crippen molar-refractivity contribution >= 4 is 69.6 Å². The van der Waals surface area contributed by atoms with Crippen molar-refractivity contribution in [1.82, 2.24) is 15.1 Å². The third-order valence-corrected chi connectivity index (χ3v) is 11.3. The molecule has 7 rings (SSSR count). The first-order valence-electron chi connectivity index (χ1n) is 16.6. The molecule has 3 aliphatic heterocycles. The third kappa shape index (κ3) is 7.76. The monoisotopic (exact) mass is 753 g/mol. The number of aliphatic carboxylic acids is 1. The molecule has 0 saturated carbocycles. The average molecular weight is 754 g/mol. The molecule has 0 unspecified atom stereocenters. The van der Waals surface area contributed by atoms with E-state index in [2.05, 4.69) is 10.6 Å². The summed E-state index contributed by atoms with van der Waals surface area (Å²) in [7, 11) is 0. The van der Waals surface area contributed by atoms with Gasteiger partial charge in [0.2, 0.25) is 18.4 Å². The molecule has 4 amide bonds. The molecular formula is C38H32FN5O7S2. The number of rotatable bonds is 11. The van der Waals surface area contributed by atoms with Gasteiger partial charge in [0.15, 0.2) is 24.0 Å². The fourth-order valence-corrected chi connectivity index (χ4v) is 8.46. The van der Waals surface area contributed by atoms with Crippen LogP contribution < -0.4 is 20.3 Å². The quantitative estimate of drug-likeness (QED) is 0.0687. The molecule has 1 aromatic heterocycles. The molecule has 0 spiro atoms. The van der Waals surface area contributed by atoms with E-state index in [0.29, 0.717) is 24.1 Å². The number of thioether (sulfide) groups is 2. The Morgan fingerprint density at radius 2 is 1.79 bits per heavy atom. The molecule has 2 saturated heterocycles. The number of amides is 4. The number of carbonyl (C=O) groups is 5. The average Bonchev–Trinajstić information content (AvgIpc) is 3.48. The maximum absolute atomic E-state index is 13.6. The van der Waals surface area contributed by atoms with Crippen molar-refractivity contribution in [1.29, 1.82) is 0 Å². The first-order chi connectivity index (χ1) is 25.5. The lowest BCUT2D eigenvalue weighted by atomic mass is 10.0. The van der Waals surface area contributed by atoms with E-state index in [1.165, 1.54) is 35.7 Å². The molecule has 270 valence electrons. The largest absolute Gasteiger partial charge is 0.543 e. The first-order valence-corrected chi connectivity index (χ1v) is 18.6. The summed E-state index contributed by atoms with van der Waals surface area (Å²) in [6, 6.07) is 20.0. The zero-order valence-electron chi connectivity index (χ0n) is 28.0. The number of carbonyl (C=O) groups excluding carboxylic acids is 5. The third-order valence-electron chi connectivity index (χ3n) is 9.05. The molecule has 2 atom stereocenters. The van der Waals surface area contributed by atoms with Gasteiger partial charge in [0.25, 0.3) is 11.8 Å². The van der Waals surface area contributed by atoms with Gasteiger partial charge in [-0.15, -0.1) is 23.5 Å².